The van der Waals surface area contributed by atoms with E-state index in [4.69, 9.17) is 4.74 Å². The van der Waals surface area contributed by atoms with E-state index in [-0.39, 0.29) is 29.7 Å². The van der Waals surface area contributed by atoms with Gasteiger partial charge in [0.1, 0.15) is 18.1 Å². The smallest absolute Gasteiger partial charge is 0.422 e. The van der Waals surface area contributed by atoms with Gasteiger partial charge in [0.05, 0.1) is 19.3 Å². The molecule has 2 N–H and O–H groups in total. The zero-order valence-electron chi connectivity index (χ0n) is 15.9. The lowest BCUT2D eigenvalue weighted by Gasteiger charge is -2.12. The molecule has 0 radical (unpaired) electrons. The molecule has 0 spiro atoms. The molecule has 1 heterocycles. The number of aromatic nitrogens is 1. The molecule has 10 heteroatoms. The first-order valence-electron chi connectivity index (χ1n) is 8.80. The number of benzene rings is 1. The molecule has 2 aromatic rings. The van der Waals surface area contributed by atoms with Gasteiger partial charge in [-0.2, -0.15) is 13.2 Å². The molecular formula is C19H24F3IN4O2. The molecule has 1 aromatic carbocycles. The second kappa shape index (κ2) is 13.1. The molecule has 0 aliphatic rings. The van der Waals surface area contributed by atoms with E-state index in [1.54, 1.807) is 30.6 Å². The number of guanidine groups is 1. The normalized spacial score (nSPS) is 11.4. The standard InChI is InChI=1S/C19H23F3N4O2.HI/c1-2-24-18(25-10-11-27-17-4-3-9-23-13-17)26-12-15-5-7-16(8-6-15)28-14-19(20,21)22;/h3-9,13H,2,10-12,14H2,1H3,(H2,24,25,26);1H. The van der Waals surface area contributed by atoms with Crippen LogP contribution in [0.4, 0.5) is 13.2 Å². The molecule has 0 amide bonds. The molecule has 0 aliphatic heterocycles. The second-order valence-corrected chi connectivity index (χ2v) is 5.71. The van der Waals surface area contributed by atoms with Crippen molar-refractivity contribution in [2.45, 2.75) is 19.6 Å². The van der Waals surface area contributed by atoms with Gasteiger partial charge >= 0.3 is 6.18 Å². The van der Waals surface area contributed by atoms with Gasteiger partial charge in [0.2, 0.25) is 0 Å². The minimum atomic E-state index is -4.35. The Bertz CT molecular complexity index is 728. The van der Waals surface area contributed by atoms with Gasteiger partial charge in [-0.15, -0.1) is 24.0 Å². The van der Waals surface area contributed by atoms with Crippen LogP contribution in [0, 0.1) is 0 Å². The molecule has 6 nitrogen and oxygen atoms in total. The largest absolute Gasteiger partial charge is 0.490 e. The predicted octanol–water partition coefficient (Wildman–Crippen LogP) is 3.77. The van der Waals surface area contributed by atoms with Crippen molar-refractivity contribution >= 4 is 29.9 Å². The van der Waals surface area contributed by atoms with Crippen molar-refractivity contribution < 1.29 is 22.6 Å². The van der Waals surface area contributed by atoms with Crippen molar-refractivity contribution in [2.24, 2.45) is 4.99 Å². The van der Waals surface area contributed by atoms with Crippen molar-refractivity contribution in [2.75, 3.05) is 26.3 Å². The third-order valence-corrected chi connectivity index (χ3v) is 3.39. The summed E-state index contributed by atoms with van der Waals surface area (Å²) in [4.78, 5) is 8.42. The Morgan fingerprint density at radius 2 is 1.83 bits per heavy atom. The molecule has 0 bridgehead atoms. The van der Waals surface area contributed by atoms with E-state index in [2.05, 4.69) is 25.3 Å². The van der Waals surface area contributed by atoms with Gasteiger partial charge in [-0.05, 0) is 36.8 Å². The summed E-state index contributed by atoms with van der Waals surface area (Å²) in [5.41, 5.74) is 0.850. The minimum Gasteiger partial charge on any atom is -0.490 e. The van der Waals surface area contributed by atoms with Crippen LogP contribution in [0.5, 0.6) is 11.5 Å². The Labute approximate surface area is 184 Å². The summed E-state index contributed by atoms with van der Waals surface area (Å²) in [6.07, 6.45) is -1.03. The van der Waals surface area contributed by atoms with E-state index >= 15 is 0 Å². The molecular weight excluding hydrogens is 500 g/mol. The summed E-state index contributed by atoms with van der Waals surface area (Å²) >= 11 is 0. The molecule has 0 saturated carbocycles. The van der Waals surface area contributed by atoms with E-state index in [9.17, 15) is 13.2 Å². The third-order valence-electron chi connectivity index (χ3n) is 3.39. The number of hydrogen-bond donors (Lipinski definition) is 2. The van der Waals surface area contributed by atoms with E-state index < -0.39 is 12.8 Å². The Balaban J connectivity index is 0.00000420. The van der Waals surface area contributed by atoms with Gasteiger partial charge in [-0.25, -0.2) is 4.99 Å². The van der Waals surface area contributed by atoms with Crippen LogP contribution in [-0.4, -0.2) is 43.4 Å². The average molecular weight is 524 g/mol. The summed E-state index contributed by atoms with van der Waals surface area (Å²) in [6, 6.07) is 9.99. The maximum Gasteiger partial charge on any atom is 0.422 e. The minimum absolute atomic E-state index is 0. The lowest BCUT2D eigenvalue weighted by atomic mass is 10.2. The van der Waals surface area contributed by atoms with Crippen LogP contribution in [0.2, 0.25) is 0 Å². The van der Waals surface area contributed by atoms with Crippen LogP contribution >= 0.6 is 24.0 Å². The highest BCUT2D eigenvalue weighted by atomic mass is 127. The predicted molar refractivity (Wildman–Crippen MR) is 116 cm³/mol. The number of nitrogens with zero attached hydrogens (tertiary/aromatic N) is 2. The molecule has 160 valence electrons. The lowest BCUT2D eigenvalue weighted by Crippen LogP contribution is -2.39. The van der Waals surface area contributed by atoms with Crippen LogP contribution in [0.25, 0.3) is 0 Å². The van der Waals surface area contributed by atoms with Crippen molar-refractivity contribution in [3.63, 3.8) is 0 Å². The third kappa shape index (κ3) is 10.8. The molecule has 2 rings (SSSR count). The Morgan fingerprint density at radius 3 is 2.45 bits per heavy atom. The Kier molecular flexibility index (Phi) is 11.2. The summed E-state index contributed by atoms with van der Waals surface area (Å²) in [7, 11) is 0. The Morgan fingerprint density at radius 1 is 1.07 bits per heavy atom. The van der Waals surface area contributed by atoms with Gasteiger partial charge in [0.25, 0.3) is 0 Å². The van der Waals surface area contributed by atoms with E-state index in [0.717, 1.165) is 5.56 Å². The van der Waals surface area contributed by atoms with Gasteiger partial charge in [-0.3, -0.25) is 4.98 Å². The zero-order chi connectivity index (χ0) is 20.2. The number of rotatable bonds is 9. The Hall–Kier alpha value is -2.24. The fourth-order valence-corrected chi connectivity index (χ4v) is 2.14. The number of ether oxygens (including phenoxy) is 2. The second-order valence-electron chi connectivity index (χ2n) is 5.71. The van der Waals surface area contributed by atoms with Crippen molar-refractivity contribution in [3.8, 4) is 11.5 Å². The van der Waals surface area contributed by atoms with Crippen molar-refractivity contribution in [3.05, 3.63) is 54.4 Å². The highest BCUT2D eigenvalue weighted by molar-refractivity contribution is 14.0. The van der Waals surface area contributed by atoms with E-state index in [1.807, 2.05) is 13.0 Å². The topological polar surface area (TPSA) is 67.8 Å². The molecule has 0 fully saturated rings. The van der Waals surface area contributed by atoms with Gasteiger partial charge in [-0.1, -0.05) is 12.1 Å². The number of aliphatic imine (C=N–C) groups is 1. The van der Waals surface area contributed by atoms with Crippen molar-refractivity contribution in [1.82, 2.24) is 15.6 Å². The number of alkyl halides is 3. The van der Waals surface area contributed by atoms with Gasteiger partial charge < -0.3 is 20.1 Å². The molecule has 29 heavy (non-hydrogen) atoms. The highest BCUT2D eigenvalue weighted by Crippen LogP contribution is 2.19. The first-order chi connectivity index (χ1) is 13.5. The first kappa shape index (κ1) is 24.8. The quantitative estimate of drug-likeness (QED) is 0.226. The fraction of sp³-hybridized carbons (Fsp3) is 0.368. The molecule has 0 atom stereocenters. The molecule has 0 unspecified atom stereocenters. The maximum absolute atomic E-state index is 12.2. The summed E-state index contributed by atoms with van der Waals surface area (Å²) in [5.74, 6) is 1.48. The van der Waals surface area contributed by atoms with Gasteiger partial charge in [0, 0.05) is 12.7 Å². The van der Waals surface area contributed by atoms with Crippen LogP contribution < -0.4 is 20.1 Å². The number of hydrogen-bond acceptors (Lipinski definition) is 4. The summed E-state index contributed by atoms with van der Waals surface area (Å²) < 4.78 is 46.7. The molecule has 1 aromatic heterocycles. The monoisotopic (exact) mass is 524 g/mol. The number of halogens is 4. The van der Waals surface area contributed by atoms with E-state index in [1.165, 1.54) is 12.1 Å². The molecule has 0 saturated heterocycles. The van der Waals surface area contributed by atoms with Crippen LogP contribution in [0.15, 0.2) is 53.8 Å². The zero-order valence-corrected chi connectivity index (χ0v) is 18.2. The fourth-order valence-electron chi connectivity index (χ4n) is 2.14. The summed E-state index contributed by atoms with van der Waals surface area (Å²) in [6.45, 7) is 2.71. The van der Waals surface area contributed by atoms with Crippen LogP contribution in [0.1, 0.15) is 12.5 Å². The SMILES string of the molecule is CCNC(=NCc1ccc(OCC(F)(F)F)cc1)NCCOc1cccnc1.I. The van der Waals surface area contributed by atoms with E-state index in [0.29, 0.717) is 38.0 Å². The van der Waals surface area contributed by atoms with Gasteiger partial charge in [0.15, 0.2) is 12.6 Å². The van der Waals surface area contributed by atoms with Crippen LogP contribution in [0.3, 0.4) is 0 Å². The lowest BCUT2D eigenvalue weighted by molar-refractivity contribution is -0.153. The maximum atomic E-state index is 12.2. The van der Waals surface area contributed by atoms with Crippen molar-refractivity contribution in [1.29, 1.82) is 0 Å². The summed E-state index contributed by atoms with van der Waals surface area (Å²) in [5, 5.41) is 6.27. The first-order valence-corrected chi connectivity index (χ1v) is 8.80. The van der Waals surface area contributed by atoms with Crippen LogP contribution in [-0.2, 0) is 6.54 Å². The molecule has 0 aliphatic carbocycles. The highest BCUT2D eigenvalue weighted by Gasteiger charge is 2.28. The average Bonchev–Trinajstić information content (AvgIpc) is 2.68. The number of pyridine rings is 1. The number of nitrogens with one attached hydrogen (secondary N) is 2.